The van der Waals surface area contributed by atoms with Gasteiger partial charge < -0.3 is 19.4 Å². The lowest BCUT2D eigenvalue weighted by atomic mass is 9.98. The molecule has 1 aliphatic carbocycles. The molecule has 1 N–H and O–H groups in total. The minimum Gasteiger partial charge on any atom is -0.334 e. The highest BCUT2D eigenvalue weighted by Crippen LogP contribution is 2.28. The van der Waals surface area contributed by atoms with Gasteiger partial charge in [0.05, 0.1) is 30.3 Å². The number of aromatic nitrogens is 7. The van der Waals surface area contributed by atoms with E-state index in [0.29, 0.717) is 35.4 Å². The Labute approximate surface area is 238 Å². The number of aryl methyl sites for hydroxylation is 1. The van der Waals surface area contributed by atoms with E-state index in [4.69, 9.17) is 4.98 Å². The van der Waals surface area contributed by atoms with Gasteiger partial charge in [-0.2, -0.15) is 4.98 Å². The van der Waals surface area contributed by atoms with Crippen LogP contribution in [0.15, 0.2) is 72.3 Å². The summed E-state index contributed by atoms with van der Waals surface area (Å²) in [6.45, 7) is 2.55. The number of benzene rings is 1. The van der Waals surface area contributed by atoms with E-state index >= 15 is 0 Å². The van der Waals surface area contributed by atoms with Crippen LogP contribution >= 0.6 is 0 Å². The quantitative estimate of drug-likeness (QED) is 0.317. The molecule has 0 bridgehead atoms. The predicted molar refractivity (Wildman–Crippen MR) is 160 cm³/mol. The molecule has 1 atom stereocenters. The van der Waals surface area contributed by atoms with Crippen molar-refractivity contribution in [3.8, 4) is 11.4 Å². The Morgan fingerprint density at radius 1 is 1.10 bits per heavy atom. The molecular weight excluding hydrogens is 514 g/mol. The number of nitrogens with zero attached hydrogens (tertiary/aromatic N) is 8. The highest BCUT2D eigenvalue weighted by molar-refractivity contribution is 5.80. The van der Waals surface area contributed by atoms with E-state index < -0.39 is 0 Å². The van der Waals surface area contributed by atoms with E-state index in [0.717, 1.165) is 49.1 Å². The third-order valence-electron chi connectivity index (χ3n) is 8.28. The Kier molecular flexibility index (Phi) is 6.47. The van der Waals surface area contributed by atoms with Gasteiger partial charge in [0.15, 0.2) is 0 Å². The summed E-state index contributed by atoms with van der Waals surface area (Å²) in [5, 5.41) is 4.11. The third kappa shape index (κ3) is 4.84. The maximum atomic E-state index is 14.0. The van der Waals surface area contributed by atoms with Crippen molar-refractivity contribution in [3.63, 3.8) is 0 Å². The van der Waals surface area contributed by atoms with E-state index in [-0.39, 0.29) is 5.56 Å². The highest BCUT2D eigenvalue weighted by atomic mass is 16.1. The van der Waals surface area contributed by atoms with Crippen molar-refractivity contribution in [2.45, 2.75) is 38.1 Å². The van der Waals surface area contributed by atoms with Crippen LogP contribution in [0, 0.1) is 0 Å². The first-order valence-corrected chi connectivity index (χ1v) is 14.2. The molecule has 7 rings (SSSR count). The number of hydrogen-bond acceptors (Lipinski definition) is 7. The van der Waals surface area contributed by atoms with Crippen LogP contribution in [0.1, 0.15) is 42.9 Å². The summed E-state index contributed by atoms with van der Waals surface area (Å²) in [6.07, 6.45) is 15.6. The van der Waals surface area contributed by atoms with Crippen LogP contribution < -0.4 is 10.9 Å². The van der Waals surface area contributed by atoms with Crippen molar-refractivity contribution < 1.29 is 0 Å². The minimum atomic E-state index is -0.157. The first-order chi connectivity index (χ1) is 20.0. The molecule has 2 aliphatic rings. The number of pyridine rings is 1. The molecule has 5 aromatic rings. The molecule has 0 radical (unpaired) electrons. The van der Waals surface area contributed by atoms with Gasteiger partial charge in [-0.3, -0.25) is 9.36 Å². The van der Waals surface area contributed by atoms with E-state index in [1.807, 2.05) is 36.4 Å². The third-order valence-corrected chi connectivity index (χ3v) is 8.28. The molecule has 0 saturated carbocycles. The second-order valence-corrected chi connectivity index (χ2v) is 11.1. The highest BCUT2D eigenvalue weighted by Gasteiger charge is 2.21. The molecule has 1 aromatic carbocycles. The van der Waals surface area contributed by atoms with Crippen LogP contribution in [0.4, 0.5) is 11.6 Å². The van der Waals surface area contributed by atoms with Crippen molar-refractivity contribution in [2.75, 3.05) is 25.5 Å². The lowest BCUT2D eigenvalue weighted by Gasteiger charge is -2.15. The Morgan fingerprint density at radius 3 is 2.71 bits per heavy atom. The molecule has 208 valence electrons. The van der Waals surface area contributed by atoms with E-state index in [1.165, 1.54) is 17.7 Å². The zero-order valence-electron chi connectivity index (χ0n) is 23.4. The number of fused-ring (bicyclic) bond motifs is 1. The molecule has 1 fully saturated rings. The number of rotatable bonds is 7. The topological polar surface area (TPSA) is 98.7 Å². The summed E-state index contributed by atoms with van der Waals surface area (Å²) in [4.78, 5) is 34.7. The van der Waals surface area contributed by atoms with Crippen LogP contribution in [0.3, 0.4) is 0 Å². The summed E-state index contributed by atoms with van der Waals surface area (Å²) in [5.74, 6) is 1.62. The van der Waals surface area contributed by atoms with Gasteiger partial charge in [-0.25, -0.2) is 15.0 Å². The zero-order valence-corrected chi connectivity index (χ0v) is 23.4. The van der Waals surface area contributed by atoms with Gasteiger partial charge in [0.2, 0.25) is 5.95 Å². The molecule has 1 saturated heterocycles. The number of likely N-dealkylation sites (N-methyl/N-ethyl adjacent to an activating group) is 1. The summed E-state index contributed by atoms with van der Waals surface area (Å²) in [7, 11) is 4.06. The standard InChI is InChI=1S/C31H33N9O/c1-37-13-11-22(18-37)21-7-9-24(10-8-21)35-31-34-16-23-15-27(29-33-12-14-38(29)2)30(41)39(28(23)36-31)19-26-17-32-20-40(26)25-5-3-4-6-25/h5,7-10,12,14-17,20,22H,3-4,6,11,13,18-19H2,1-2H3,(H,34,35,36). The van der Waals surface area contributed by atoms with Crippen LogP contribution in [-0.4, -0.2) is 58.7 Å². The van der Waals surface area contributed by atoms with E-state index in [2.05, 4.69) is 67.1 Å². The van der Waals surface area contributed by atoms with E-state index in [1.54, 1.807) is 17.0 Å². The smallest absolute Gasteiger partial charge is 0.263 e. The largest absolute Gasteiger partial charge is 0.334 e. The molecule has 5 heterocycles. The molecule has 10 heteroatoms. The van der Waals surface area contributed by atoms with Crippen molar-refractivity contribution in [1.29, 1.82) is 0 Å². The van der Waals surface area contributed by atoms with Crippen LogP contribution in [-0.2, 0) is 13.6 Å². The Hall–Kier alpha value is -4.57. The number of imidazole rings is 2. The van der Waals surface area contributed by atoms with Gasteiger partial charge in [-0.1, -0.05) is 18.2 Å². The number of likely N-dealkylation sites (tertiary alicyclic amines) is 1. The summed E-state index contributed by atoms with van der Waals surface area (Å²) < 4.78 is 5.67. The molecule has 0 spiro atoms. The first kappa shape index (κ1) is 25.4. The average Bonchev–Trinajstić information content (AvgIpc) is 3.79. The van der Waals surface area contributed by atoms with Gasteiger partial charge in [-0.15, -0.1) is 0 Å². The monoisotopic (exact) mass is 547 g/mol. The summed E-state index contributed by atoms with van der Waals surface area (Å²) in [6, 6.07) is 10.4. The van der Waals surface area contributed by atoms with Crippen molar-refractivity contribution in [1.82, 2.24) is 38.5 Å². The molecule has 0 amide bonds. The molecule has 1 aliphatic heterocycles. The molecule has 41 heavy (non-hydrogen) atoms. The molecular formula is C31H33N9O. The number of allylic oxidation sites excluding steroid dienone is 2. The average molecular weight is 548 g/mol. The van der Waals surface area contributed by atoms with Crippen molar-refractivity contribution in [3.05, 3.63) is 89.1 Å². The summed E-state index contributed by atoms with van der Waals surface area (Å²) >= 11 is 0. The van der Waals surface area contributed by atoms with E-state index in [9.17, 15) is 4.79 Å². The van der Waals surface area contributed by atoms with Gasteiger partial charge in [0.25, 0.3) is 5.56 Å². The predicted octanol–water partition coefficient (Wildman–Crippen LogP) is 4.62. The lowest BCUT2D eigenvalue weighted by molar-refractivity contribution is 0.411. The van der Waals surface area contributed by atoms with Gasteiger partial charge in [0.1, 0.15) is 11.5 Å². The number of anilines is 2. The maximum absolute atomic E-state index is 14.0. The van der Waals surface area contributed by atoms with Crippen LogP contribution in [0.5, 0.6) is 0 Å². The number of nitrogens with one attached hydrogen (secondary N) is 1. The fourth-order valence-electron chi connectivity index (χ4n) is 6.06. The normalized spacial score (nSPS) is 17.4. The zero-order chi connectivity index (χ0) is 27.9. The first-order valence-electron chi connectivity index (χ1n) is 14.2. The number of hydrogen-bond donors (Lipinski definition) is 1. The minimum absolute atomic E-state index is 0.157. The summed E-state index contributed by atoms with van der Waals surface area (Å²) in [5.41, 5.74) is 5.32. The second-order valence-electron chi connectivity index (χ2n) is 11.1. The second kappa shape index (κ2) is 10.4. The Balaban J connectivity index is 1.27. The van der Waals surface area contributed by atoms with Crippen LogP contribution in [0.25, 0.3) is 28.1 Å². The Morgan fingerprint density at radius 2 is 1.98 bits per heavy atom. The van der Waals surface area contributed by atoms with Crippen molar-refractivity contribution in [2.24, 2.45) is 7.05 Å². The molecule has 1 unspecified atom stereocenters. The SMILES string of the molecule is CN1CCC(c2ccc(Nc3ncc4cc(-c5nccn5C)c(=O)n(Cc5cncn5C5=CCCC5)c4n3)cc2)C1. The molecule has 10 nitrogen and oxygen atoms in total. The fourth-order valence-corrected chi connectivity index (χ4v) is 6.06. The fraction of sp³-hybridized carbons (Fsp3) is 0.323. The van der Waals surface area contributed by atoms with Gasteiger partial charge >= 0.3 is 0 Å². The Bertz CT molecular complexity index is 1810. The van der Waals surface area contributed by atoms with Gasteiger partial charge in [0, 0.05) is 49.0 Å². The lowest BCUT2D eigenvalue weighted by Crippen LogP contribution is -2.25. The van der Waals surface area contributed by atoms with Crippen molar-refractivity contribution >= 4 is 28.4 Å². The maximum Gasteiger partial charge on any atom is 0.263 e. The molecule has 4 aromatic heterocycles. The van der Waals surface area contributed by atoms with Crippen LogP contribution in [0.2, 0.25) is 0 Å². The van der Waals surface area contributed by atoms with Gasteiger partial charge in [-0.05, 0) is 69.0 Å².